The van der Waals surface area contributed by atoms with Crippen molar-refractivity contribution in [2.24, 2.45) is 0 Å². The summed E-state index contributed by atoms with van der Waals surface area (Å²) in [6.07, 6.45) is 0. The molecule has 0 aromatic heterocycles. The van der Waals surface area contributed by atoms with Crippen LogP contribution < -0.4 is 9.47 Å². The van der Waals surface area contributed by atoms with Gasteiger partial charge in [0.05, 0.1) is 13.7 Å². The predicted octanol–water partition coefficient (Wildman–Crippen LogP) is 3.46. The Bertz CT molecular complexity index is 602. The molecule has 0 atom stereocenters. The molecule has 0 radical (unpaired) electrons. The van der Waals surface area contributed by atoms with Gasteiger partial charge >= 0.3 is 5.97 Å². The van der Waals surface area contributed by atoms with Crippen molar-refractivity contribution >= 4 is 5.97 Å². The Hall–Kier alpha value is -2.49. The Morgan fingerprint density at radius 2 is 1.75 bits per heavy atom. The van der Waals surface area contributed by atoms with Crippen LogP contribution in [0.2, 0.25) is 0 Å². The number of aromatic carboxylic acids is 1. The summed E-state index contributed by atoms with van der Waals surface area (Å²) < 4.78 is 10.5. The average molecular weight is 272 g/mol. The van der Waals surface area contributed by atoms with Crippen LogP contribution >= 0.6 is 0 Å². The Kier molecular flexibility index (Phi) is 4.25. The zero-order chi connectivity index (χ0) is 14.5. The molecule has 20 heavy (non-hydrogen) atoms. The lowest BCUT2D eigenvalue weighted by Gasteiger charge is -2.10. The smallest absolute Gasteiger partial charge is 0.339 e. The zero-order valence-electron chi connectivity index (χ0n) is 11.4. The molecule has 0 unspecified atom stereocenters. The maximum Gasteiger partial charge on any atom is 0.339 e. The molecule has 2 aromatic rings. The normalized spacial score (nSPS) is 10.1. The second kappa shape index (κ2) is 6.10. The summed E-state index contributed by atoms with van der Waals surface area (Å²) in [6, 6.07) is 12.6. The highest BCUT2D eigenvalue weighted by Crippen LogP contribution is 2.28. The third-order valence-electron chi connectivity index (χ3n) is 2.94. The minimum atomic E-state index is -0.991. The van der Waals surface area contributed by atoms with E-state index >= 15 is 0 Å². The van der Waals surface area contributed by atoms with Gasteiger partial charge in [-0.25, -0.2) is 4.79 Å². The zero-order valence-corrected chi connectivity index (χ0v) is 11.4. The molecule has 0 saturated carbocycles. The van der Waals surface area contributed by atoms with Crippen LogP contribution in [-0.4, -0.2) is 24.8 Å². The van der Waals surface area contributed by atoms with Crippen molar-refractivity contribution in [3.8, 4) is 22.6 Å². The monoisotopic (exact) mass is 272 g/mol. The van der Waals surface area contributed by atoms with Crippen LogP contribution in [0, 0.1) is 0 Å². The fourth-order valence-electron chi connectivity index (χ4n) is 1.94. The van der Waals surface area contributed by atoms with E-state index in [9.17, 15) is 4.79 Å². The molecule has 0 bridgehead atoms. The number of hydrogen-bond donors (Lipinski definition) is 1. The van der Waals surface area contributed by atoms with Crippen molar-refractivity contribution in [1.82, 2.24) is 0 Å². The van der Waals surface area contributed by atoms with Crippen LogP contribution in [-0.2, 0) is 0 Å². The highest BCUT2D eigenvalue weighted by atomic mass is 16.5. The Morgan fingerprint density at radius 3 is 2.30 bits per heavy atom. The van der Waals surface area contributed by atoms with Gasteiger partial charge in [-0.05, 0) is 42.3 Å². The number of rotatable bonds is 5. The van der Waals surface area contributed by atoms with Crippen LogP contribution in [0.15, 0.2) is 42.5 Å². The molecule has 2 aromatic carbocycles. The molecule has 1 N–H and O–H groups in total. The summed E-state index contributed by atoms with van der Waals surface area (Å²) in [6.45, 7) is 2.25. The maximum absolute atomic E-state index is 11.1. The molecule has 0 heterocycles. The number of hydrogen-bond acceptors (Lipinski definition) is 3. The predicted molar refractivity (Wildman–Crippen MR) is 76.6 cm³/mol. The van der Waals surface area contributed by atoms with Crippen molar-refractivity contribution in [3.63, 3.8) is 0 Å². The molecule has 104 valence electrons. The third-order valence-corrected chi connectivity index (χ3v) is 2.94. The summed E-state index contributed by atoms with van der Waals surface area (Å²) in [5.74, 6) is 0.170. The third kappa shape index (κ3) is 2.91. The first-order chi connectivity index (χ1) is 9.65. The first kappa shape index (κ1) is 13.9. The number of carboxylic acid groups (broad SMARTS) is 1. The van der Waals surface area contributed by atoms with Gasteiger partial charge < -0.3 is 14.6 Å². The van der Waals surface area contributed by atoms with E-state index in [0.29, 0.717) is 12.4 Å². The van der Waals surface area contributed by atoms with E-state index in [0.717, 1.165) is 16.9 Å². The second-order valence-electron chi connectivity index (χ2n) is 4.18. The molecule has 4 nitrogen and oxygen atoms in total. The Labute approximate surface area is 117 Å². The van der Waals surface area contributed by atoms with Crippen molar-refractivity contribution in [2.45, 2.75) is 6.92 Å². The summed E-state index contributed by atoms with van der Waals surface area (Å²) in [5.41, 5.74) is 2.05. The van der Waals surface area contributed by atoms with E-state index in [1.54, 1.807) is 25.3 Å². The van der Waals surface area contributed by atoms with Gasteiger partial charge in [0.15, 0.2) is 0 Å². The summed E-state index contributed by atoms with van der Waals surface area (Å²) in [7, 11) is 1.61. The fraction of sp³-hybridized carbons (Fsp3) is 0.188. The highest BCUT2D eigenvalue weighted by Gasteiger charge is 2.12. The van der Waals surface area contributed by atoms with Crippen molar-refractivity contribution in [2.75, 3.05) is 13.7 Å². The molecule has 0 saturated heterocycles. The molecule has 2 rings (SSSR count). The van der Waals surface area contributed by atoms with Gasteiger partial charge in [-0.1, -0.05) is 18.2 Å². The first-order valence-corrected chi connectivity index (χ1v) is 6.30. The second-order valence-corrected chi connectivity index (χ2v) is 4.18. The van der Waals surface area contributed by atoms with E-state index < -0.39 is 5.97 Å². The average Bonchev–Trinajstić information content (AvgIpc) is 2.47. The van der Waals surface area contributed by atoms with E-state index in [2.05, 4.69) is 0 Å². The van der Waals surface area contributed by atoms with Gasteiger partial charge in [-0.3, -0.25) is 0 Å². The lowest BCUT2D eigenvalue weighted by atomic mass is 10.0. The van der Waals surface area contributed by atoms with Gasteiger partial charge in [0.2, 0.25) is 0 Å². The van der Waals surface area contributed by atoms with Crippen LogP contribution in [0.1, 0.15) is 17.3 Å². The number of methoxy groups -OCH3 is 1. The standard InChI is InChI=1S/C16H16O4/c1-3-20-15-10-12(6-9-14(15)16(17)18)11-4-7-13(19-2)8-5-11/h4-10H,3H2,1-2H3,(H,17,18). The Morgan fingerprint density at radius 1 is 1.10 bits per heavy atom. The lowest BCUT2D eigenvalue weighted by molar-refractivity contribution is 0.0692. The topological polar surface area (TPSA) is 55.8 Å². The minimum absolute atomic E-state index is 0.170. The van der Waals surface area contributed by atoms with Crippen molar-refractivity contribution in [3.05, 3.63) is 48.0 Å². The van der Waals surface area contributed by atoms with Crippen LogP contribution in [0.5, 0.6) is 11.5 Å². The first-order valence-electron chi connectivity index (χ1n) is 6.30. The van der Waals surface area contributed by atoms with Crippen LogP contribution in [0.4, 0.5) is 0 Å². The molecule has 0 fully saturated rings. The van der Waals surface area contributed by atoms with Gasteiger partial charge in [-0.2, -0.15) is 0 Å². The van der Waals surface area contributed by atoms with Crippen LogP contribution in [0.3, 0.4) is 0 Å². The highest BCUT2D eigenvalue weighted by molar-refractivity contribution is 5.92. The summed E-state index contributed by atoms with van der Waals surface area (Å²) >= 11 is 0. The van der Waals surface area contributed by atoms with Gasteiger partial charge in [0.1, 0.15) is 17.1 Å². The quantitative estimate of drug-likeness (QED) is 0.905. The molecular formula is C16H16O4. The number of ether oxygens (including phenoxy) is 2. The van der Waals surface area contributed by atoms with E-state index in [4.69, 9.17) is 14.6 Å². The minimum Gasteiger partial charge on any atom is -0.497 e. The number of carbonyl (C=O) groups is 1. The molecule has 0 amide bonds. The van der Waals surface area contributed by atoms with Crippen molar-refractivity contribution in [1.29, 1.82) is 0 Å². The largest absolute Gasteiger partial charge is 0.497 e. The van der Waals surface area contributed by atoms with E-state index in [1.807, 2.05) is 31.2 Å². The molecule has 0 aliphatic heterocycles. The molecular weight excluding hydrogens is 256 g/mol. The van der Waals surface area contributed by atoms with Gasteiger partial charge in [0, 0.05) is 0 Å². The Balaban J connectivity index is 2.41. The molecule has 0 spiro atoms. The van der Waals surface area contributed by atoms with E-state index in [1.165, 1.54) is 0 Å². The van der Waals surface area contributed by atoms with Crippen LogP contribution in [0.25, 0.3) is 11.1 Å². The van der Waals surface area contributed by atoms with E-state index in [-0.39, 0.29) is 5.56 Å². The summed E-state index contributed by atoms with van der Waals surface area (Å²) in [5, 5.41) is 9.13. The SMILES string of the molecule is CCOc1cc(-c2ccc(OC)cc2)ccc1C(=O)O. The maximum atomic E-state index is 11.1. The van der Waals surface area contributed by atoms with Gasteiger partial charge in [-0.15, -0.1) is 0 Å². The summed E-state index contributed by atoms with van der Waals surface area (Å²) in [4.78, 5) is 11.1. The number of carboxylic acids is 1. The van der Waals surface area contributed by atoms with Gasteiger partial charge in [0.25, 0.3) is 0 Å². The lowest BCUT2D eigenvalue weighted by Crippen LogP contribution is -2.02. The molecule has 4 heteroatoms. The number of benzene rings is 2. The van der Waals surface area contributed by atoms with Crippen molar-refractivity contribution < 1.29 is 19.4 Å². The molecule has 0 aliphatic rings. The fourth-order valence-corrected chi connectivity index (χ4v) is 1.94. The molecule has 0 aliphatic carbocycles.